The maximum atomic E-state index is 13.1. The van der Waals surface area contributed by atoms with E-state index in [2.05, 4.69) is 15.6 Å². The lowest BCUT2D eigenvalue weighted by Gasteiger charge is -2.31. The zero-order valence-electron chi connectivity index (χ0n) is 15.0. The molecule has 2 atom stereocenters. The Labute approximate surface area is 168 Å². The summed E-state index contributed by atoms with van der Waals surface area (Å²) in [6.45, 7) is 4.23. The molecule has 1 amide bonds. The Bertz CT molecular complexity index is 883. The molecule has 2 unspecified atom stereocenters. The van der Waals surface area contributed by atoms with Crippen molar-refractivity contribution in [1.82, 2.24) is 5.32 Å². The fraction of sp³-hybridized carbons (Fsp3) is 0.250. The van der Waals surface area contributed by atoms with Crippen LogP contribution in [0.4, 0.5) is 5.69 Å². The lowest BCUT2D eigenvalue weighted by atomic mass is 9.87. The number of carbonyl (C=O) groups excluding carboxylic acids is 1. The second kappa shape index (κ2) is 8.50. The van der Waals surface area contributed by atoms with Crippen LogP contribution in [0.3, 0.4) is 0 Å². The van der Waals surface area contributed by atoms with Crippen LogP contribution < -0.4 is 15.4 Å². The number of benzene rings is 2. The van der Waals surface area contributed by atoms with Crippen LogP contribution in [0.1, 0.15) is 25.5 Å². The van der Waals surface area contributed by atoms with E-state index in [0.717, 1.165) is 5.56 Å². The number of hydrogen-bond acceptors (Lipinski definition) is 3. The van der Waals surface area contributed by atoms with E-state index in [4.69, 9.17) is 28.6 Å². The van der Waals surface area contributed by atoms with Crippen LogP contribution in [-0.4, -0.2) is 23.3 Å². The monoisotopic (exact) mass is 401 g/mol. The first-order chi connectivity index (χ1) is 13.0. The molecule has 0 saturated heterocycles. The van der Waals surface area contributed by atoms with Crippen LogP contribution in [-0.2, 0) is 4.79 Å². The first kappa shape index (κ1) is 19.3. The highest BCUT2D eigenvalue weighted by molar-refractivity contribution is 7.80. The van der Waals surface area contributed by atoms with Gasteiger partial charge in [0.1, 0.15) is 11.7 Å². The smallest absolute Gasteiger partial charge is 0.235 e. The summed E-state index contributed by atoms with van der Waals surface area (Å²) in [5.74, 6) is -0.0730. The fourth-order valence-electron chi connectivity index (χ4n) is 3.07. The number of thiocarbonyl (C=S) groups is 1. The summed E-state index contributed by atoms with van der Waals surface area (Å²) in [6.07, 6.45) is 0. The maximum absolute atomic E-state index is 13.1. The zero-order valence-corrected chi connectivity index (χ0v) is 16.6. The largest absolute Gasteiger partial charge is 0.492 e. The summed E-state index contributed by atoms with van der Waals surface area (Å²) in [6, 6.07) is 14.4. The van der Waals surface area contributed by atoms with Gasteiger partial charge in [0.2, 0.25) is 5.91 Å². The van der Waals surface area contributed by atoms with Gasteiger partial charge in [0.25, 0.3) is 0 Å². The molecule has 7 heteroatoms. The molecule has 0 fully saturated rings. The third-order valence-corrected chi connectivity index (χ3v) is 4.76. The van der Waals surface area contributed by atoms with Crippen LogP contribution in [0.5, 0.6) is 5.75 Å². The molecule has 0 aromatic heterocycles. The highest BCUT2D eigenvalue weighted by atomic mass is 35.5. The molecule has 1 aliphatic rings. The van der Waals surface area contributed by atoms with E-state index in [1.54, 1.807) is 12.1 Å². The van der Waals surface area contributed by atoms with Gasteiger partial charge in [0.05, 0.1) is 18.3 Å². The van der Waals surface area contributed by atoms with Gasteiger partial charge in [-0.3, -0.25) is 4.79 Å². The van der Waals surface area contributed by atoms with Crippen molar-refractivity contribution in [1.29, 1.82) is 0 Å². The summed E-state index contributed by atoms with van der Waals surface area (Å²) < 4.78 is 5.60. The van der Waals surface area contributed by atoms with Gasteiger partial charge in [-0.1, -0.05) is 35.9 Å². The number of rotatable bonds is 5. The second-order valence-corrected chi connectivity index (χ2v) is 6.95. The van der Waals surface area contributed by atoms with Gasteiger partial charge < -0.3 is 15.4 Å². The van der Waals surface area contributed by atoms with E-state index in [1.165, 1.54) is 0 Å². The summed E-state index contributed by atoms with van der Waals surface area (Å²) in [4.78, 5) is 17.4. The van der Waals surface area contributed by atoms with Crippen LogP contribution >= 0.6 is 23.8 Å². The molecule has 0 aliphatic carbocycles. The van der Waals surface area contributed by atoms with Gasteiger partial charge in [-0.05, 0) is 55.9 Å². The van der Waals surface area contributed by atoms with Crippen molar-refractivity contribution in [2.75, 3.05) is 11.9 Å². The van der Waals surface area contributed by atoms with Crippen molar-refractivity contribution in [3.63, 3.8) is 0 Å². The minimum Gasteiger partial charge on any atom is -0.492 e. The fourth-order valence-corrected chi connectivity index (χ4v) is 3.47. The Morgan fingerprint density at radius 2 is 1.96 bits per heavy atom. The highest BCUT2D eigenvalue weighted by Crippen LogP contribution is 2.31. The van der Waals surface area contributed by atoms with E-state index in [9.17, 15) is 4.79 Å². The van der Waals surface area contributed by atoms with Crippen LogP contribution in [0, 0.1) is 5.92 Å². The molecule has 1 aliphatic heterocycles. The lowest BCUT2D eigenvalue weighted by Crippen LogP contribution is -2.45. The first-order valence-electron chi connectivity index (χ1n) is 8.63. The number of nitrogens with one attached hydrogen (secondary N) is 2. The number of para-hydroxylation sites is 2. The number of ether oxygens (including phenoxy) is 1. The molecule has 140 valence electrons. The molecule has 3 rings (SSSR count). The van der Waals surface area contributed by atoms with Gasteiger partial charge in [-0.15, -0.1) is 0 Å². The lowest BCUT2D eigenvalue weighted by molar-refractivity contribution is -0.118. The number of hydrogen-bond donors (Lipinski definition) is 2. The average molecular weight is 402 g/mol. The molecule has 2 aromatic rings. The standard InChI is InChI=1S/C20H20ClN3O2S/c1-3-26-16-7-5-4-6-15(16)23-19(25)17-12(2)22-20(27)24-18(17)13-8-10-14(21)11-9-13/h4-11,17-18H,3H2,1-2H3,(H,23,25)(H,24,27). The summed E-state index contributed by atoms with van der Waals surface area (Å²) >= 11 is 11.2. The quantitative estimate of drug-likeness (QED) is 0.729. The van der Waals surface area contributed by atoms with Crippen molar-refractivity contribution >= 4 is 46.2 Å². The van der Waals surface area contributed by atoms with E-state index < -0.39 is 5.92 Å². The molecule has 2 aromatic carbocycles. The molecule has 0 spiro atoms. The van der Waals surface area contributed by atoms with Crippen molar-refractivity contribution in [2.24, 2.45) is 10.9 Å². The van der Waals surface area contributed by atoms with Gasteiger partial charge in [-0.25, -0.2) is 4.99 Å². The third kappa shape index (κ3) is 4.46. The molecule has 0 bridgehead atoms. The zero-order chi connectivity index (χ0) is 19.4. The number of anilines is 1. The molecule has 0 radical (unpaired) electrons. The minimum atomic E-state index is -0.521. The summed E-state index contributed by atoms with van der Waals surface area (Å²) in [5.41, 5.74) is 2.19. The van der Waals surface area contributed by atoms with Gasteiger partial charge >= 0.3 is 0 Å². The number of nitrogens with zero attached hydrogens (tertiary/aromatic N) is 1. The average Bonchev–Trinajstić information content (AvgIpc) is 2.63. The Kier molecular flexibility index (Phi) is 6.08. The minimum absolute atomic E-state index is 0.182. The van der Waals surface area contributed by atoms with Crippen molar-refractivity contribution in [3.8, 4) is 5.75 Å². The predicted molar refractivity (Wildman–Crippen MR) is 113 cm³/mol. The van der Waals surface area contributed by atoms with E-state index in [0.29, 0.717) is 33.9 Å². The number of halogens is 1. The second-order valence-electron chi connectivity index (χ2n) is 6.13. The molecule has 0 saturated carbocycles. The topological polar surface area (TPSA) is 62.7 Å². The van der Waals surface area contributed by atoms with Crippen molar-refractivity contribution < 1.29 is 9.53 Å². The number of carbonyl (C=O) groups is 1. The van der Waals surface area contributed by atoms with Gasteiger partial charge in [-0.2, -0.15) is 0 Å². The molecular formula is C20H20ClN3O2S. The molecular weight excluding hydrogens is 382 g/mol. The predicted octanol–water partition coefficient (Wildman–Crippen LogP) is 4.38. The van der Waals surface area contributed by atoms with Crippen LogP contribution in [0.15, 0.2) is 53.5 Å². The van der Waals surface area contributed by atoms with Crippen LogP contribution in [0.25, 0.3) is 0 Å². The summed E-state index contributed by atoms with van der Waals surface area (Å²) in [5, 5.41) is 7.12. The van der Waals surface area contributed by atoms with Gasteiger partial charge in [0, 0.05) is 10.7 Å². The Morgan fingerprint density at radius 3 is 2.67 bits per heavy atom. The van der Waals surface area contributed by atoms with E-state index in [1.807, 2.05) is 50.2 Å². The molecule has 1 heterocycles. The third-order valence-electron chi connectivity index (χ3n) is 4.30. The Balaban J connectivity index is 1.91. The Hall–Kier alpha value is -2.44. The SMILES string of the molecule is CCOc1ccccc1NC(=O)C1C(C)=NC(=S)NC1c1ccc(Cl)cc1. The molecule has 27 heavy (non-hydrogen) atoms. The Morgan fingerprint density at radius 1 is 1.26 bits per heavy atom. The first-order valence-corrected chi connectivity index (χ1v) is 9.42. The van der Waals surface area contributed by atoms with Crippen molar-refractivity contribution in [3.05, 3.63) is 59.1 Å². The summed E-state index contributed by atoms with van der Waals surface area (Å²) in [7, 11) is 0. The van der Waals surface area contributed by atoms with Gasteiger partial charge in [0.15, 0.2) is 5.11 Å². The number of aliphatic imine (C=N–C) groups is 1. The van der Waals surface area contributed by atoms with Crippen LogP contribution in [0.2, 0.25) is 5.02 Å². The normalized spacial score (nSPS) is 19.1. The molecule has 5 nitrogen and oxygen atoms in total. The van der Waals surface area contributed by atoms with E-state index >= 15 is 0 Å². The maximum Gasteiger partial charge on any atom is 0.235 e. The number of amides is 1. The van der Waals surface area contributed by atoms with E-state index in [-0.39, 0.29) is 11.9 Å². The van der Waals surface area contributed by atoms with Crippen molar-refractivity contribution in [2.45, 2.75) is 19.9 Å². The molecule has 2 N–H and O–H groups in total. The highest BCUT2D eigenvalue weighted by Gasteiger charge is 2.36.